The molecule has 0 saturated heterocycles. The molecule has 0 bridgehead atoms. The van der Waals surface area contributed by atoms with E-state index in [2.05, 4.69) is 10.6 Å². The summed E-state index contributed by atoms with van der Waals surface area (Å²) in [6, 6.07) is 13.8. The van der Waals surface area contributed by atoms with Gasteiger partial charge in [0.1, 0.15) is 5.75 Å². The minimum atomic E-state index is 0.501. The highest BCUT2D eigenvalue weighted by Gasteiger charge is 2.22. The van der Waals surface area contributed by atoms with Crippen LogP contribution in [-0.2, 0) is 0 Å². The Hall–Kier alpha value is -1.78. The van der Waals surface area contributed by atoms with Crippen molar-refractivity contribution in [3.8, 4) is 11.5 Å². The quantitative estimate of drug-likeness (QED) is 0.781. The smallest absolute Gasteiger partial charge is 0.171 e. The molecule has 22 heavy (non-hydrogen) atoms. The third kappa shape index (κ3) is 4.12. The third-order valence-electron chi connectivity index (χ3n) is 3.35. The molecule has 114 valence electrons. The fraction of sp³-hybridized carbons (Fsp3) is 0.235. The zero-order chi connectivity index (χ0) is 15.5. The van der Waals surface area contributed by atoms with E-state index < -0.39 is 0 Å². The Balaban J connectivity index is 1.77. The molecular formula is C17H17ClN2OS. The molecule has 3 nitrogen and oxygen atoms in total. The predicted octanol–water partition coefficient (Wildman–Crippen LogP) is 4.89. The Bertz CT molecular complexity index is 684. The largest absolute Gasteiger partial charge is 0.455 e. The van der Waals surface area contributed by atoms with Gasteiger partial charge in [0.05, 0.1) is 5.69 Å². The minimum Gasteiger partial charge on any atom is -0.455 e. The second kappa shape index (κ2) is 6.55. The molecule has 0 amide bonds. The van der Waals surface area contributed by atoms with Gasteiger partial charge in [-0.1, -0.05) is 29.3 Å². The number of ether oxygens (including phenoxy) is 1. The summed E-state index contributed by atoms with van der Waals surface area (Å²) in [7, 11) is 0. The van der Waals surface area contributed by atoms with Crippen molar-refractivity contribution in [1.82, 2.24) is 5.32 Å². The summed E-state index contributed by atoms with van der Waals surface area (Å²) in [6.45, 7) is 2.04. The van der Waals surface area contributed by atoms with Crippen molar-refractivity contribution in [1.29, 1.82) is 0 Å². The Labute approximate surface area is 140 Å². The molecule has 2 N–H and O–H groups in total. The van der Waals surface area contributed by atoms with Crippen LogP contribution in [0.5, 0.6) is 11.5 Å². The lowest BCUT2D eigenvalue weighted by Gasteiger charge is -2.15. The Morgan fingerprint density at radius 1 is 1.18 bits per heavy atom. The number of rotatable bonds is 4. The maximum Gasteiger partial charge on any atom is 0.171 e. The lowest BCUT2D eigenvalue weighted by atomic mass is 10.2. The number of anilines is 1. The zero-order valence-electron chi connectivity index (χ0n) is 12.2. The van der Waals surface area contributed by atoms with Crippen LogP contribution < -0.4 is 15.4 Å². The summed E-state index contributed by atoms with van der Waals surface area (Å²) in [5, 5.41) is 7.64. The van der Waals surface area contributed by atoms with Gasteiger partial charge in [0.2, 0.25) is 0 Å². The van der Waals surface area contributed by atoms with Gasteiger partial charge < -0.3 is 15.4 Å². The zero-order valence-corrected chi connectivity index (χ0v) is 13.8. The van der Waals surface area contributed by atoms with Crippen LogP contribution in [0.3, 0.4) is 0 Å². The molecule has 0 atom stereocenters. The monoisotopic (exact) mass is 332 g/mol. The van der Waals surface area contributed by atoms with Crippen molar-refractivity contribution in [2.45, 2.75) is 25.8 Å². The molecule has 0 aromatic heterocycles. The average molecular weight is 333 g/mol. The summed E-state index contributed by atoms with van der Waals surface area (Å²) < 4.78 is 5.93. The molecule has 2 aromatic rings. The molecule has 1 aliphatic carbocycles. The third-order valence-corrected chi connectivity index (χ3v) is 3.81. The van der Waals surface area contributed by atoms with E-state index in [1.807, 2.05) is 43.3 Å². The minimum absolute atomic E-state index is 0.501. The van der Waals surface area contributed by atoms with Gasteiger partial charge in [-0.3, -0.25) is 0 Å². The number of aryl methyl sites for hydroxylation is 1. The van der Waals surface area contributed by atoms with Crippen LogP contribution in [0, 0.1) is 6.92 Å². The van der Waals surface area contributed by atoms with Crippen LogP contribution in [0.2, 0.25) is 5.02 Å². The van der Waals surface area contributed by atoms with E-state index in [1.165, 1.54) is 18.4 Å². The SMILES string of the molecule is Cc1ccc(Oc2ccc(Cl)cc2NC(=S)NC2CC2)cc1. The first kappa shape index (κ1) is 15.1. The van der Waals surface area contributed by atoms with Gasteiger partial charge in [-0.05, 0) is 62.3 Å². The molecule has 1 fully saturated rings. The van der Waals surface area contributed by atoms with Gasteiger partial charge in [-0.2, -0.15) is 0 Å². The van der Waals surface area contributed by atoms with E-state index in [0.717, 1.165) is 11.4 Å². The van der Waals surface area contributed by atoms with Crippen molar-refractivity contribution < 1.29 is 4.74 Å². The lowest BCUT2D eigenvalue weighted by molar-refractivity contribution is 0.485. The van der Waals surface area contributed by atoms with Crippen molar-refractivity contribution >= 4 is 34.6 Å². The summed E-state index contributed by atoms with van der Waals surface area (Å²) in [5.41, 5.74) is 1.95. The molecule has 0 spiro atoms. The van der Waals surface area contributed by atoms with E-state index in [4.69, 9.17) is 28.6 Å². The summed E-state index contributed by atoms with van der Waals surface area (Å²) in [5.74, 6) is 1.46. The van der Waals surface area contributed by atoms with Gasteiger partial charge in [0.25, 0.3) is 0 Å². The van der Waals surface area contributed by atoms with Crippen molar-refractivity contribution in [3.05, 3.63) is 53.1 Å². The maximum atomic E-state index is 6.08. The average Bonchev–Trinajstić information content (AvgIpc) is 3.28. The van der Waals surface area contributed by atoms with E-state index in [1.54, 1.807) is 6.07 Å². The summed E-state index contributed by atoms with van der Waals surface area (Å²) >= 11 is 11.4. The van der Waals surface area contributed by atoms with Crippen LogP contribution in [0.25, 0.3) is 0 Å². The van der Waals surface area contributed by atoms with Gasteiger partial charge in [-0.25, -0.2) is 0 Å². The van der Waals surface area contributed by atoms with Crippen LogP contribution in [0.1, 0.15) is 18.4 Å². The molecule has 0 unspecified atom stereocenters. The summed E-state index contributed by atoms with van der Waals surface area (Å²) in [4.78, 5) is 0. The van der Waals surface area contributed by atoms with Gasteiger partial charge in [0.15, 0.2) is 10.9 Å². The Morgan fingerprint density at radius 2 is 1.91 bits per heavy atom. The first-order chi connectivity index (χ1) is 10.6. The first-order valence-corrected chi connectivity index (χ1v) is 8.00. The highest BCUT2D eigenvalue weighted by molar-refractivity contribution is 7.80. The van der Waals surface area contributed by atoms with E-state index >= 15 is 0 Å². The fourth-order valence-corrected chi connectivity index (χ4v) is 2.44. The standard InChI is InChI=1S/C17H17ClN2OS/c1-11-2-7-14(8-3-11)21-16-9-4-12(18)10-15(16)20-17(22)19-13-5-6-13/h2-4,7-10,13H,5-6H2,1H3,(H2,19,20,22). The second-order valence-corrected chi connectivity index (χ2v) is 6.27. The molecule has 1 aliphatic rings. The van der Waals surface area contributed by atoms with Gasteiger partial charge >= 0.3 is 0 Å². The van der Waals surface area contributed by atoms with Crippen molar-refractivity contribution in [2.75, 3.05) is 5.32 Å². The normalized spacial score (nSPS) is 13.5. The lowest BCUT2D eigenvalue weighted by Crippen LogP contribution is -2.30. The number of halogens is 1. The first-order valence-electron chi connectivity index (χ1n) is 7.22. The number of thiocarbonyl (C=S) groups is 1. The molecule has 0 heterocycles. The Morgan fingerprint density at radius 3 is 2.59 bits per heavy atom. The molecule has 0 aliphatic heterocycles. The number of hydrogen-bond donors (Lipinski definition) is 2. The summed E-state index contributed by atoms with van der Waals surface area (Å²) in [6.07, 6.45) is 2.34. The topological polar surface area (TPSA) is 33.3 Å². The molecule has 0 radical (unpaired) electrons. The van der Waals surface area contributed by atoms with E-state index in [-0.39, 0.29) is 0 Å². The predicted molar refractivity (Wildman–Crippen MR) is 95.1 cm³/mol. The number of benzene rings is 2. The van der Waals surface area contributed by atoms with Crippen molar-refractivity contribution in [3.63, 3.8) is 0 Å². The van der Waals surface area contributed by atoms with Crippen LogP contribution >= 0.6 is 23.8 Å². The van der Waals surface area contributed by atoms with Gasteiger partial charge in [0, 0.05) is 11.1 Å². The van der Waals surface area contributed by atoms with Gasteiger partial charge in [-0.15, -0.1) is 0 Å². The molecular weight excluding hydrogens is 316 g/mol. The van der Waals surface area contributed by atoms with Crippen LogP contribution in [0.4, 0.5) is 5.69 Å². The maximum absolute atomic E-state index is 6.08. The van der Waals surface area contributed by atoms with Crippen LogP contribution in [0.15, 0.2) is 42.5 Å². The highest BCUT2D eigenvalue weighted by Crippen LogP contribution is 2.32. The highest BCUT2D eigenvalue weighted by atomic mass is 35.5. The molecule has 3 rings (SSSR count). The van der Waals surface area contributed by atoms with E-state index in [9.17, 15) is 0 Å². The van der Waals surface area contributed by atoms with Crippen molar-refractivity contribution in [2.24, 2.45) is 0 Å². The van der Waals surface area contributed by atoms with E-state index in [0.29, 0.717) is 21.9 Å². The fourth-order valence-electron chi connectivity index (χ4n) is 1.99. The molecule has 1 saturated carbocycles. The molecule has 5 heteroatoms. The second-order valence-electron chi connectivity index (χ2n) is 5.43. The number of nitrogens with one attached hydrogen (secondary N) is 2. The Kier molecular flexibility index (Phi) is 4.50. The number of hydrogen-bond acceptors (Lipinski definition) is 2. The van der Waals surface area contributed by atoms with Crippen LogP contribution in [-0.4, -0.2) is 11.2 Å². The molecule has 2 aromatic carbocycles.